The molecule has 0 heterocycles. The summed E-state index contributed by atoms with van der Waals surface area (Å²) < 4.78 is 0. The van der Waals surface area contributed by atoms with Crippen LogP contribution in [0.1, 0.15) is 26.7 Å². The number of hydrogen-bond donors (Lipinski definition) is 1. The van der Waals surface area contributed by atoms with Gasteiger partial charge in [-0.3, -0.25) is 4.79 Å². The van der Waals surface area contributed by atoms with Crippen LogP contribution in [-0.4, -0.2) is 11.1 Å². The molecule has 0 aromatic rings. The quantitative estimate of drug-likeness (QED) is 0.364. The van der Waals surface area contributed by atoms with Crippen LogP contribution in [0.15, 0.2) is 0 Å². The van der Waals surface area contributed by atoms with Gasteiger partial charge in [0, 0.05) is 6.42 Å². The molecule has 0 saturated carbocycles. The smallest absolute Gasteiger partial charge is 0.481 e. The van der Waals surface area contributed by atoms with Gasteiger partial charge < -0.3 is 11.0 Å². The van der Waals surface area contributed by atoms with E-state index in [0.29, 0.717) is 6.42 Å². The number of carbonyl (C=O) groups is 1. The predicted octanol–water partition coefficient (Wildman–Crippen LogP) is -1.53. The Bertz CT molecular complexity index is 81.1. The number of hydrogen-bond acceptors (Lipinski definition) is 1. The van der Waals surface area contributed by atoms with E-state index in [1.807, 2.05) is 13.8 Å². The summed E-state index contributed by atoms with van der Waals surface area (Å²) >= 11 is 0. The van der Waals surface area contributed by atoms with Crippen molar-refractivity contribution >= 4 is 5.97 Å². The fourth-order valence-electron chi connectivity index (χ4n) is 0.357. The van der Waals surface area contributed by atoms with Gasteiger partial charge in [-0.2, -0.15) is 20.3 Å². The van der Waals surface area contributed by atoms with Gasteiger partial charge in [-0.1, -0.05) is 0 Å². The Hall–Kier alpha value is 0.0674. The van der Waals surface area contributed by atoms with Crippen LogP contribution in [-0.2, 0) is 4.79 Å². The fraction of sp³-hybridized carbons (Fsp3) is 0.667. The van der Waals surface area contributed by atoms with E-state index >= 15 is 0 Å². The number of carboxylic acids is 1. The second-order valence-corrected chi connectivity index (χ2v) is 2.10. The van der Waals surface area contributed by atoms with E-state index in [4.69, 9.17) is 5.11 Å². The first-order valence-corrected chi connectivity index (χ1v) is 2.63. The first-order valence-electron chi connectivity index (χ1n) is 2.63. The average Bonchev–Trinajstić information content (AvgIpc) is 1.61. The second kappa shape index (κ2) is 6.19. The summed E-state index contributed by atoms with van der Waals surface area (Å²) in [6.07, 6.45) is 0.970. The van der Waals surface area contributed by atoms with Crippen molar-refractivity contribution in [1.29, 1.82) is 0 Å². The Morgan fingerprint density at radius 3 is 2.11 bits per heavy atom. The van der Waals surface area contributed by atoms with Crippen LogP contribution in [0.3, 0.4) is 0 Å². The minimum absolute atomic E-state index is 0. The van der Waals surface area contributed by atoms with Crippen molar-refractivity contribution in [2.24, 2.45) is 0 Å². The zero-order valence-electron chi connectivity index (χ0n) is 6.27. The monoisotopic (exact) mass is 122 g/mol. The van der Waals surface area contributed by atoms with E-state index in [2.05, 4.69) is 0 Å². The van der Waals surface area contributed by atoms with Crippen LogP contribution in [0.25, 0.3) is 0 Å². The summed E-state index contributed by atoms with van der Waals surface area (Å²) in [4.78, 5) is 9.89. The molecule has 0 fully saturated rings. The van der Waals surface area contributed by atoms with Crippen molar-refractivity contribution < 1.29 is 28.8 Å². The van der Waals surface area contributed by atoms with Crippen molar-refractivity contribution in [3.05, 3.63) is 5.92 Å². The molecule has 2 nitrogen and oxygen atoms in total. The third-order valence-corrected chi connectivity index (χ3v) is 0.839. The Morgan fingerprint density at radius 1 is 1.56 bits per heavy atom. The summed E-state index contributed by atoms with van der Waals surface area (Å²) in [6, 6.07) is 0. The van der Waals surface area contributed by atoms with E-state index < -0.39 is 5.97 Å². The maximum absolute atomic E-state index is 9.89. The summed E-state index contributed by atoms with van der Waals surface area (Å²) in [6.45, 7) is 3.87. The van der Waals surface area contributed by atoms with Gasteiger partial charge in [0.15, 0.2) is 0 Å². The van der Waals surface area contributed by atoms with Crippen LogP contribution in [0.4, 0.5) is 0 Å². The molecular formula is C6H11LiO2. The van der Waals surface area contributed by atoms with E-state index in [1.54, 1.807) is 0 Å². The fourth-order valence-corrected chi connectivity index (χ4v) is 0.357. The molecule has 0 radical (unpaired) electrons. The normalized spacial score (nSPS) is 8.78. The molecule has 0 spiro atoms. The minimum atomic E-state index is -0.716. The average molecular weight is 122 g/mol. The molecule has 0 aromatic heterocycles. The molecule has 0 aromatic carbocycles. The SMILES string of the molecule is C[C-](C)CCC(=O)O.[Li+]. The van der Waals surface area contributed by atoms with Gasteiger partial charge in [-0.15, -0.1) is 0 Å². The summed E-state index contributed by atoms with van der Waals surface area (Å²) in [5.41, 5.74) is 0. The standard InChI is InChI=1S/C6H11O2.Li/c1-5(2)3-4-6(7)8;/h3-4H2,1-2H3,(H,7,8);/q-1;+1. The van der Waals surface area contributed by atoms with E-state index in [1.165, 1.54) is 5.92 Å². The molecule has 0 bridgehead atoms. The molecule has 48 valence electrons. The molecule has 0 atom stereocenters. The van der Waals surface area contributed by atoms with Crippen LogP contribution in [0, 0.1) is 5.92 Å². The minimum Gasteiger partial charge on any atom is -0.481 e. The molecule has 0 rings (SSSR count). The van der Waals surface area contributed by atoms with E-state index in [9.17, 15) is 4.79 Å². The number of rotatable bonds is 3. The molecule has 0 aliphatic carbocycles. The van der Waals surface area contributed by atoms with Crippen LogP contribution in [0.5, 0.6) is 0 Å². The maximum Gasteiger partial charge on any atom is 1.00 e. The first-order chi connectivity index (χ1) is 3.63. The van der Waals surface area contributed by atoms with Crippen molar-refractivity contribution in [2.45, 2.75) is 26.7 Å². The zero-order chi connectivity index (χ0) is 6.57. The van der Waals surface area contributed by atoms with Crippen molar-refractivity contribution in [1.82, 2.24) is 0 Å². The molecule has 0 unspecified atom stereocenters. The third kappa shape index (κ3) is 11.6. The van der Waals surface area contributed by atoms with Crippen molar-refractivity contribution in [2.75, 3.05) is 0 Å². The Balaban J connectivity index is 0. The van der Waals surface area contributed by atoms with Gasteiger partial charge in [0.2, 0.25) is 0 Å². The van der Waals surface area contributed by atoms with Crippen LogP contribution < -0.4 is 18.9 Å². The molecule has 9 heavy (non-hydrogen) atoms. The molecule has 0 saturated heterocycles. The molecule has 3 heteroatoms. The van der Waals surface area contributed by atoms with Crippen LogP contribution >= 0.6 is 0 Å². The van der Waals surface area contributed by atoms with Gasteiger partial charge in [-0.25, -0.2) is 0 Å². The topological polar surface area (TPSA) is 37.3 Å². The summed E-state index contributed by atoms with van der Waals surface area (Å²) in [7, 11) is 0. The molecule has 0 aliphatic heterocycles. The summed E-state index contributed by atoms with van der Waals surface area (Å²) in [5, 5.41) is 8.15. The van der Waals surface area contributed by atoms with Gasteiger partial charge in [-0.05, 0) is 0 Å². The van der Waals surface area contributed by atoms with Crippen LogP contribution in [0.2, 0.25) is 0 Å². The Kier molecular flexibility index (Phi) is 8.13. The van der Waals surface area contributed by atoms with E-state index in [-0.39, 0.29) is 25.3 Å². The second-order valence-electron chi connectivity index (χ2n) is 2.10. The van der Waals surface area contributed by atoms with Crippen molar-refractivity contribution in [3.8, 4) is 0 Å². The summed E-state index contributed by atoms with van der Waals surface area (Å²) in [5.74, 6) is 0.457. The predicted molar refractivity (Wildman–Crippen MR) is 31.5 cm³/mol. The van der Waals surface area contributed by atoms with E-state index in [0.717, 1.165) is 0 Å². The largest absolute Gasteiger partial charge is 1.00 e. The van der Waals surface area contributed by atoms with Crippen molar-refractivity contribution in [3.63, 3.8) is 0 Å². The number of carboxylic acid groups (broad SMARTS) is 1. The third-order valence-electron chi connectivity index (χ3n) is 0.839. The maximum atomic E-state index is 9.89. The first kappa shape index (κ1) is 11.8. The molecule has 0 amide bonds. The van der Waals surface area contributed by atoms with Gasteiger partial charge in [0.1, 0.15) is 0 Å². The number of aliphatic carboxylic acids is 1. The molecular weight excluding hydrogens is 111 g/mol. The van der Waals surface area contributed by atoms with Gasteiger partial charge >= 0.3 is 24.8 Å². The Morgan fingerprint density at radius 2 is 2.00 bits per heavy atom. The molecule has 1 N–H and O–H groups in total. The zero-order valence-corrected chi connectivity index (χ0v) is 6.27. The Labute approximate surface area is 67.8 Å². The van der Waals surface area contributed by atoms with Gasteiger partial charge in [0.25, 0.3) is 0 Å². The molecule has 0 aliphatic rings. The van der Waals surface area contributed by atoms with Gasteiger partial charge in [0.05, 0.1) is 0 Å².